The van der Waals surface area contributed by atoms with Gasteiger partial charge in [-0.25, -0.2) is 15.0 Å². The average molecular weight is 524 g/mol. The quantitative estimate of drug-likeness (QED) is 0.466. The molecule has 1 spiro atoms. The van der Waals surface area contributed by atoms with E-state index in [4.69, 9.17) is 16.3 Å². The van der Waals surface area contributed by atoms with E-state index in [-0.39, 0.29) is 6.54 Å². The topological polar surface area (TPSA) is 53.9 Å². The molecule has 186 valence electrons. The fourth-order valence-corrected chi connectivity index (χ4v) is 5.83. The van der Waals surface area contributed by atoms with Crippen molar-refractivity contribution in [3.05, 3.63) is 41.7 Å². The lowest BCUT2D eigenvalue weighted by atomic mass is 9.78. The molecule has 0 atom stereocenters. The second-order valence-corrected chi connectivity index (χ2v) is 10.6. The molecule has 4 heterocycles. The molecular formula is C24H25ClF3N5OS. The number of benzene rings is 1. The van der Waals surface area contributed by atoms with E-state index in [9.17, 15) is 13.2 Å². The van der Waals surface area contributed by atoms with E-state index in [0.717, 1.165) is 51.4 Å². The van der Waals surface area contributed by atoms with Crippen LogP contribution in [0.15, 0.2) is 46.0 Å². The van der Waals surface area contributed by atoms with Crippen molar-refractivity contribution in [2.45, 2.75) is 41.8 Å². The summed E-state index contributed by atoms with van der Waals surface area (Å²) >= 11 is 8.01. The van der Waals surface area contributed by atoms with Crippen LogP contribution in [0.3, 0.4) is 0 Å². The van der Waals surface area contributed by atoms with Crippen LogP contribution in [-0.2, 0) is 4.74 Å². The van der Waals surface area contributed by atoms with Crippen LogP contribution in [-0.4, -0.2) is 60.2 Å². The Labute approximate surface area is 211 Å². The predicted octanol–water partition coefficient (Wildman–Crippen LogP) is 6.19. The molecule has 3 aliphatic heterocycles. The maximum atomic E-state index is 12.7. The van der Waals surface area contributed by atoms with Gasteiger partial charge in [-0.3, -0.25) is 0 Å². The van der Waals surface area contributed by atoms with Gasteiger partial charge in [-0.15, -0.1) is 0 Å². The minimum absolute atomic E-state index is 0.267. The number of rotatable bonds is 5. The summed E-state index contributed by atoms with van der Waals surface area (Å²) in [6, 6.07) is 3.61. The van der Waals surface area contributed by atoms with Gasteiger partial charge in [-0.05, 0) is 36.8 Å². The highest BCUT2D eigenvalue weighted by molar-refractivity contribution is 7.99. The molecule has 1 aromatic heterocycles. The first kappa shape index (κ1) is 24.4. The third-order valence-corrected chi connectivity index (χ3v) is 8.34. The first-order valence-electron chi connectivity index (χ1n) is 11.5. The van der Waals surface area contributed by atoms with Crippen LogP contribution in [0.2, 0.25) is 5.02 Å². The summed E-state index contributed by atoms with van der Waals surface area (Å²) in [5.41, 5.74) is 1.83. The van der Waals surface area contributed by atoms with Gasteiger partial charge in [0.1, 0.15) is 10.8 Å². The molecule has 6 nitrogen and oxygen atoms in total. The van der Waals surface area contributed by atoms with Gasteiger partial charge in [0.05, 0.1) is 42.5 Å². The fraction of sp³-hybridized carbons (Fsp3) is 0.458. The molecule has 0 saturated carbocycles. The van der Waals surface area contributed by atoms with Crippen molar-refractivity contribution in [1.29, 1.82) is 0 Å². The number of anilines is 1. The molecule has 0 unspecified atom stereocenters. The minimum Gasteiger partial charge on any atom is -0.381 e. The number of ether oxygens (including phenoxy) is 1. The Morgan fingerprint density at radius 2 is 1.94 bits per heavy atom. The lowest BCUT2D eigenvalue weighted by Crippen LogP contribution is -2.40. The van der Waals surface area contributed by atoms with E-state index in [1.165, 1.54) is 23.0 Å². The van der Waals surface area contributed by atoms with Crippen LogP contribution in [0, 0.1) is 5.41 Å². The number of aliphatic imine (C=N–C) groups is 1. The molecule has 1 aromatic carbocycles. The summed E-state index contributed by atoms with van der Waals surface area (Å²) in [5.74, 6) is 0.850. The zero-order chi connectivity index (χ0) is 24.6. The fourth-order valence-electron chi connectivity index (χ4n) is 4.68. The lowest BCUT2D eigenvalue weighted by Gasteiger charge is -2.38. The number of halogens is 4. The van der Waals surface area contributed by atoms with Crippen LogP contribution in [0.25, 0.3) is 5.70 Å². The number of hydrogen-bond acceptors (Lipinski definition) is 7. The number of fused-ring (bicyclic) bond motifs is 1. The molecule has 3 aliphatic rings. The molecule has 35 heavy (non-hydrogen) atoms. The largest absolute Gasteiger partial charge is 0.390 e. The molecule has 0 N–H and O–H groups in total. The molecular weight excluding hydrogens is 499 g/mol. The molecule has 11 heteroatoms. The second-order valence-electron chi connectivity index (χ2n) is 9.13. The van der Waals surface area contributed by atoms with E-state index in [2.05, 4.69) is 26.4 Å². The first-order chi connectivity index (χ1) is 16.7. The highest BCUT2D eigenvalue weighted by Crippen LogP contribution is 2.44. The maximum absolute atomic E-state index is 12.7. The molecule has 2 aromatic rings. The third kappa shape index (κ3) is 5.29. The van der Waals surface area contributed by atoms with Crippen LogP contribution >= 0.6 is 23.4 Å². The Balaban J connectivity index is 1.26. The standard InChI is InChI=1S/C24H25ClF3N5OS/c1-16-21-17(31-15-33(16)10-6-24(26,27)28)2-3-18(22(21)25)35-20-13-29-19(12-30-20)32-8-4-23(5-9-32)7-11-34-14-23/h2-3,12-13,15H,1,4-11,14H2. The Morgan fingerprint density at radius 3 is 2.60 bits per heavy atom. The van der Waals surface area contributed by atoms with Crippen molar-refractivity contribution >= 4 is 46.9 Å². The highest BCUT2D eigenvalue weighted by atomic mass is 35.5. The molecule has 0 aliphatic carbocycles. The summed E-state index contributed by atoms with van der Waals surface area (Å²) < 4.78 is 43.7. The third-order valence-electron chi connectivity index (χ3n) is 6.85. The number of aromatic nitrogens is 2. The van der Waals surface area contributed by atoms with Gasteiger partial charge >= 0.3 is 6.18 Å². The minimum atomic E-state index is -4.26. The molecule has 0 amide bonds. The molecule has 5 rings (SSSR count). The normalized spacial score (nSPS) is 19.5. The lowest BCUT2D eigenvalue weighted by molar-refractivity contribution is -0.134. The van der Waals surface area contributed by atoms with E-state index < -0.39 is 12.6 Å². The Hall–Kier alpha value is -2.30. The van der Waals surface area contributed by atoms with Gasteiger partial charge in [0.15, 0.2) is 0 Å². The summed E-state index contributed by atoms with van der Waals surface area (Å²) in [6.45, 7) is 7.31. The van der Waals surface area contributed by atoms with E-state index >= 15 is 0 Å². The molecule has 0 radical (unpaired) electrons. The van der Waals surface area contributed by atoms with E-state index in [1.807, 2.05) is 6.07 Å². The monoisotopic (exact) mass is 523 g/mol. The van der Waals surface area contributed by atoms with Gasteiger partial charge in [-0.1, -0.05) is 29.9 Å². The van der Waals surface area contributed by atoms with E-state index in [0.29, 0.717) is 37.3 Å². The SMILES string of the molecule is C=C1c2c(ccc(Sc3cnc(N4CCC5(CCOC5)CC4)cn3)c2Cl)N=CN1CCC(F)(F)F. The zero-order valence-electron chi connectivity index (χ0n) is 19.0. The number of piperidine rings is 1. The van der Waals surface area contributed by atoms with Crippen molar-refractivity contribution in [2.24, 2.45) is 10.4 Å². The van der Waals surface area contributed by atoms with Gasteiger partial charge < -0.3 is 14.5 Å². The predicted molar refractivity (Wildman–Crippen MR) is 131 cm³/mol. The zero-order valence-corrected chi connectivity index (χ0v) is 20.6. The van der Waals surface area contributed by atoms with Crippen LogP contribution in [0.4, 0.5) is 24.7 Å². The van der Waals surface area contributed by atoms with Crippen molar-refractivity contribution in [3.63, 3.8) is 0 Å². The van der Waals surface area contributed by atoms with Gasteiger partial charge in [0.2, 0.25) is 0 Å². The van der Waals surface area contributed by atoms with Crippen molar-refractivity contribution in [2.75, 3.05) is 37.7 Å². The highest BCUT2D eigenvalue weighted by Gasteiger charge is 2.38. The van der Waals surface area contributed by atoms with Crippen molar-refractivity contribution in [1.82, 2.24) is 14.9 Å². The van der Waals surface area contributed by atoms with Gasteiger partial charge in [0.25, 0.3) is 0 Å². The number of alkyl halides is 3. The smallest absolute Gasteiger partial charge is 0.381 e. The Bertz CT molecular complexity index is 1130. The maximum Gasteiger partial charge on any atom is 0.390 e. The van der Waals surface area contributed by atoms with Crippen molar-refractivity contribution in [3.8, 4) is 0 Å². The van der Waals surface area contributed by atoms with Crippen LogP contribution in [0.1, 0.15) is 31.2 Å². The Morgan fingerprint density at radius 1 is 1.14 bits per heavy atom. The van der Waals surface area contributed by atoms with Crippen LogP contribution in [0.5, 0.6) is 0 Å². The summed E-state index contributed by atoms with van der Waals surface area (Å²) in [6.07, 6.45) is 2.98. The number of hydrogen-bond donors (Lipinski definition) is 0. The van der Waals surface area contributed by atoms with Gasteiger partial charge in [-0.2, -0.15) is 13.2 Å². The Kier molecular flexibility index (Phi) is 6.71. The molecule has 2 fully saturated rings. The van der Waals surface area contributed by atoms with Gasteiger partial charge in [0, 0.05) is 42.4 Å². The van der Waals surface area contributed by atoms with Crippen LogP contribution < -0.4 is 4.90 Å². The second kappa shape index (κ2) is 9.63. The molecule has 2 saturated heterocycles. The van der Waals surface area contributed by atoms with Crippen molar-refractivity contribution < 1.29 is 17.9 Å². The summed E-state index contributed by atoms with van der Waals surface area (Å²) in [7, 11) is 0. The first-order valence-corrected chi connectivity index (χ1v) is 12.6. The van der Waals surface area contributed by atoms with E-state index in [1.54, 1.807) is 18.5 Å². The summed E-state index contributed by atoms with van der Waals surface area (Å²) in [5, 5.41) is 1.06. The summed E-state index contributed by atoms with van der Waals surface area (Å²) in [4.78, 5) is 17.8. The number of nitrogens with zero attached hydrogens (tertiary/aromatic N) is 5. The average Bonchev–Trinajstić information content (AvgIpc) is 3.28. The molecule has 0 bridgehead atoms.